The second-order valence-electron chi connectivity index (χ2n) is 11.4. The van der Waals surface area contributed by atoms with Gasteiger partial charge in [0, 0.05) is 6.42 Å². The minimum Gasteiger partial charge on any atom is -0.463 e. The van der Waals surface area contributed by atoms with Crippen LogP contribution < -0.4 is 0 Å². The van der Waals surface area contributed by atoms with Gasteiger partial charge in [-0.1, -0.05) is 58.3 Å². The normalized spacial score (nSPS) is 11.6. The average molecular weight is 637 g/mol. The Bertz CT molecular complexity index is 625. The SMILES string of the molecule is CCCCCCCCCCCC(=O)OCCOCCOCCOCCOCCOCCOCCOCCC(=O)OC(C)(C)C. The standard InChI is InChI=1S/C33H64O11/c1-5-6-7-8-9-10-11-12-13-14-31(34)43-30-29-42-28-27-41-26-25-40-24-23-39-22-21-38-20-19-37-18-17-36-16-15-32(35)44-33(2,3)4/h5-30H2,1-4H3. The lowest BCUT2D eigenvalue weighted by molar-refractivity contribution is -0.156. The molecular weight excluding hydrogens is 572 g/mol. The number of hydrogen-bond acceptors (Lipinski definition) is 11. The van der Waals surface area contributed by atoms with Crippen molar-refractivity contribution in [1.82, 2.24) is 0 Å². The Kier molecular flexibility index (Phi) is 32.0. The van der Waals surface area contributed by atoms with Crippen LogP contribution in [-0.2, 0) is 52.2 Å². The number of esters is 2. The molecule has 0 aromatic rings. The van der Waals surface area contributed by atoms with Gasteiger partial charge in [-0.3, -0.25) is 9.59 Å². The van der Waals surface area contributed by atoms with Gasteiger partial charge in [-0.2, -0.15) is 0 Å². The molecule has 11 nitrogen and oxygen atoms in total. The predicted molar refractivity (Wildman–Crippen MR) is 169 cm³/mol. The van der Waals surface area contributed by atoms with E-state index in [-0.39, 0.29) is 25.0 Å². The third-order valence-electron chi connectivity index (χ3n) is 6.08. The van der Waals surface area contributed by atoms with Crippen LogP contribution in [-0.4, -0.2) is 117 Å². The average Bonchev–Trinajstić information content (AvgIpc) is 2.97. The lowest BCUT2D eigenvalue weighted by Crippen LogP contribution is -2.24. The predicted octanol–water partition coefficient (Wildman–Crippen LogP) is 5.30. The van der Waals surface area contributed by atoms with E-state index in [1.54, 1.807) is 0 Å². The van der Waals surface area contributed by atoms with E-state index in [2.05, 4.69) is 6.92 Å². The van der Waals surface area contributed by atoms with E-state index in [4.69, 9.17) is 42.6 Å². The van der Waals surface area contributed by atoms with Crippen LogP contribution in [0.2, 0.25) is 0 Å². The number of carbonyl (C=O) groups excluding carboxylic acids is 2. The molecular formula is C33H64O11. The van der Waals surface area contributed by atoms with Crippen LogP contribution in [0.4, 0.5) is 0 Å². The number of ether oxygens (including phenoxy) is 9. The zero-order valence-corrected chi connectivity index (χ0v) is 28.4. The third kappa shape index (κ3) is 36.8. The minimum absolute atomic E-state index is 0.139. The second kappa shape index (κ2) is 33.0. The van der Waals surface area contributed by atoms with E-state index in [0.717, 1.165) is 12.8 Å². The first-order valence-corrected chi connectivity index (χ1v) is 16.8. The fourth-order valence-corrected chi connectivity index (χ4v) is 3.84. The largest absolute Gasteiger partial charge is 0.463 e. The summed E-state index contributed by atoms with van der Waals surface area (Å²) < 4.78 is 48.5. The van der Waals surface area contributed by atoms with Crippen molar-refractivity contribution in [2.75, 3.05) is 99.1 Å². The molecule has 0 spiro atoms. The quantitative estimate of drug-likeness (QED) is 0.0677. The van der Waals surface area contributed by atoms with E-state index in [1.165, 1.54) is 44.9 Å². The zero-order valence-electron chi connectivity index (χ0n) is 28.4. The molecule has 0 heterocycles. The maximum Gasteiger partial charge on any atom is 0.308 e. The monoisotopic (exact) mass is 636 g/mol. The second-order valence-corrected chi connectivity index (χ2v) is 11.4. The van der Waals surface area contributed by atoms with Gasteiger partial charge in [-0.15, -0.1) is 0 Å². The molecule has 0 saturated carbocycles. The first kappa shape index (κ1) is 42.7. The van der Waals surface area contributed by atoms with Crippen LogP contribution in [0.5, 0.6) is 0 Å². The lowest BCUT2D eigenvalue weighted by atomic mass is 10.1. The van der Waals surface area contributed by atoms with Crippen LogP contribution in [0, 0.1) is 0 Å². The summed E-state index contributed by atoms with van der Waals surface area (Å²) in [6, 6.07) is 0. The Morgan fingerprint density at radius 3 is 1.14 bits per heavy atom. The summed E-state index contributed by atoms with van der Waals surface area (Å²) >= 11 is 0. The highest BCUT2D eigenvalue weighted by Crippen LogP contribution is 2.11. The maximum atomic E-state index is 11.8. The van der Waals surface area contributed by atoms with Crippen LogP contribution >= 0.6 is 0 Å². The Morgan fingerprint density at radius 1 is 0.409 bits per heavy atom. The highest BCUT2D eigenvalue weighted by molar-refractivity contribution is 5.70. The maximum absolute atomic E-state index is 11.8. The van der Waals surface area contributed by atoms with Gasteiger partial charge in [0.1, 0.15) is 12.2 Å². The molecule has 0 N–H and O–H groups in total. The number of hydrogen-bond donors (Lipinski definition) is 0. The summed E-state index contributed by atoms with van der Waals surface area (Å²) in [5.41, 5.74) is -0.473. The van der Waals surface area contributed by atoms with Crippen molar-refractivity contribution in [1.29, 1.82) is 0 Å². The van der Waals surface area contributed by atoms with Crippen molar-refractivity contribution in [3.05, 3.63) is 0 Å². The highest BCUT2D eigenvalue weighted by atomic mass is 16.6. The molecule has 0 aromatic carbocycles. The van der Waals surface area contributed by atoms with Crippen molar-refractivity contribution in [3.63, 3.8) is 0 Å². The molecule has 0 amide bonds. The summed E-state index contributed by atoms with van der Waals surface area (Å²) in [6.45, 7) is 14.4. The summed E-state index contributed by atoms with van der Waals surface area (Å²) in [7, 11) is 0. The highest BCUT2D eigenvalue weighted by Gasteiger charge is 2.15. The van der Waals surface area contributed by atoms with E-state index in [1.807, 2.05) is 20.8 Å². The fourth-order valence-electron chi connectivity index (χ4n) is 3.84. The van der Waals surface area contributed by atoms with Crippen molar-refractivity contribution in [3.8, 4) is 0 Å². The van der Waals surface area contributed by atoms with E-state index in [0.29, 0.717) is 98.9 Å². The van der Waals surface area contributed by atoms with Crippen molar-refractivity contribution >= 4 is 11.9 Å². The fraction of sp³-hybridized carbons (Fsp3) is 0.939. The number of unbranched alkanes of at least 4 members (excludes halogenated alkanes) is 8. The van der Waals surface area contributed by atoms with Crippen molar-refractivity contribution < 1.29 is 52.2 Å². The Labute approximate surface area is 267 Å². The van der Waals surface area contributed by atoms with Gasteiger partial charge in [-0.25, -0.2) is 0 Å². The molecule has 44 heavy (non-hydrogen) atoms. The van der Waals surface area contributed by atoms with Gasteiger partial charge < -0.3 is 42.6 Å². The number of rotatable bonds is 34. The molecule has 0 radical (unpaired) electrons. The third-order valence-corrected chi connectivity index (χ3v) is 6.08. The molecule has 0 rings (SSSR count). The first-order chi connectivity index (χ1) is 21.3. The first-order valence-electron chi connectivity index (χ1n) is 16.8. The van der Waals surface area contributed by atoms with Gasteiger partial charge in [0.05, 0.1) is 98.9 Å². The van der Waals surface area contributed by atoms with Crippen molar-refractivity contribution in [2.24, 2.45) is 0 Å². The van der Waals surface area contributed by atoms with E-state index >= 15 is 0 Å². The van der Waals surface area contributed by atoms with Crippen LogP contribution in [0.3, 0.4) is 0 Å². The summed E-state index contributed by atoms with van der Waals surface area (Å²) in [6.07, 6.45) is 11.8. The Balaban J connectivity index is 3.17. The molecule has 0 aromatic heterocycles. The van der Waals surface area contributed by atoms with E-state index in [9.17, 15) is 9.59 Å². The summed E-state index contributed by atoms with van der Waals surface area (Å²) in [5.74, 6) is -0.404. The van der Waals surface area contributed by atoms with Crippen LogP contribution in [0.15, 0.2) is 0 Å². The molecule has 0 aliphatic carbocycles. The molecule has 11 heteroatoms. The van der Waals surface area contributed by atoms with Gasteiger partial charge in [-0.05, 0) is 27.2 Å². The molecule has 0 aliphatic heterocycles. The van der Waals surface area contributed by atoms with E-state index < -0.39 is 5.60 Å². The van der Waals surface area contributed by atoms with Gasteiger partial charge >= 0.3 is 11.9 Å². The molecule has 0 fully saturated rings. The Hall–Kier alpha value is -1.34. The van der Waals surface area contributed by atoms with Gasteiger partial charge in [0.2, 0.25) is 0 Å². The van der Waals surface area contributed by atoms with Crippen LogP contribution in [0.1, 0.15) is 98.3 Å². The van der Waals surface area contributed by atoms with Gasteiger partial charge in [0.15, 0.2) is 0 Å². The molecule has 0 atom stereocenters. The van der Waals surface area contributed by atoms with Gasteiger partial charge in [0.25, 0.3) is 0 Å². The molecule has 262 valence electrons. The molecule has 0 bridgehead atoms. The molecule has 0 aliphatic rings. The molecule has 0 saturated heterocycles. The zero-order chi connectivity index (χ0) is 32.4. The number of carbonyl (C=O) groups is 2. The minimum atomic E-state index is -0.473. The summed E-state index contributed by atoms with van der Waals surface area (Å²) in [5, 5.41) is 0. The van der Waals surface area contributed by atoms with Crippen molar-refractivity contribution in [2.45, 2.75) is 104 Å². The topological polar surface area (TPSA) is 117 Å². The Morgan fingerprint density at radius 2 is 0.750 bits per heavy atom. The smallest absolute Gasteiger partial charge is 0.308 e. The summed E-state index contributed by atoms with van der Waals surface area (Å²) in [4.78, 5) is 23.3. The van der Waals surface area contributed by atoms with Crippen LogP contribution in [0.25, 0.3) is 0 Å². The molecule has 0 unspecified atom stereocenters. The lowest BCUT2D eigenvalue weighted by Gasteiger charge is -2.19.